The Morgan fingerprint density at radius 1 is 1.35 bits per heavy atom. The predicted molar refractivity (Wildman–Crippen MR) is 83.8 cm³/mol. The first-order valence-corrected chi connectivity index (χ1v) is 8.41. The van der Waals surface area contributed by atoms with Gasteiger partial charge in [-0.1, -0.05) is 19.1 Å². The Kier molecular flexibility index (Phi) is 8.49. The first kappa shape index (κ1) is 17.1. The van der Waals surface area contributed by atoms with Crippen molar-refractivity contribution >= 4 is 10.8 Å². The molecule has 0 saturated carbocycles. The average Bonchev–Trinajstić information content (AvgIpc) is 2.49. The summed E-state index contributed by atoms with van der Waals surface area (Å²) in [5, 5.41) is 3.45. The molecule has 0 aliphatic heterocycles. The predicted octanol–water partition coefficient (Wildman–Crippen LogP) is 2.13. The number of rotatable bonds is 10. The summed E-state index contributed by atoms with van der Waals surface area (Å²) in [6, 6.07) is 8.02. The molecule has 20 heavy (non-hydrogen) atoms. The van der Waals surface area contributed by atoms with Crippen molar-refractivity contribution in [2.75, 3.05) is 38.9 Å². The van der Waals surface area contributed by atoms with Crippen molar-refractivity contribution in [2.24, 2.45) is 0 Å². The van der Waals surface area contributed by atoms with Crippen LogP contribution in [0.3, 0.4) is 0 Å². The molecule has 2 unspecified atom stereocenters. The van der Waals surface area contributed by atoms with Crippen molar-refractivity contribution in [3.63, 3.8) is 0 Å². The fourth-order valence-electron chi connectivity index (χ4n) is 1.90. The normalized spacial score (nSPS) is 13.9. The van der Waals surface area contributed by atoms with Gasteiger partial charge in [0.1, 0.15) is 5.75 Å². The van der Waals surface area contributed by atoms with Crippen LogP contribution in [0.1, 0.15) is 24.9 Å². The summed E-state index contributed by atoms with van der Waals surface area (Å²) < 4.78 is 22.3. The minimum absolute atomic E-state index is 0.0859. The van der Waals surface area contributed by atoms with Gasteiger partial charge in [0.25, 0.3) is 0 Å². The first-order valence-electron chi connectivity index (χ1n) is 6.92. The highest BCUT2D eigenvalue weighted by Crippen LogP contribution is 2.20. The summed E-state index contributed by atoms with van der Waals surface area (Å²) >= 11 is 0. The van der Waals surface area contributed by atoms with E-state index in [-0.39, 0.29) is 6.04 Å². The fourth-order valence-corrected chi connectivity index (χ4v) is 3.10. The van der Waals surface area contributed by atoms with E-state index in [2.05, 4.69) is 12.2 Å². The van der Waals surface area contributed by atoms with Crippen LogP contribution in [0, 0.1) is 0 Å². The van der Waals surface area contributed by atoms with Crippen molar-refractivity contribution in [1.29, 1.82) is 0 Å². The molecule has 0 radical (unpaired) electrons. The summed E-state index contributed by atoms with van der Waals surface area (Å²) in [6.07, 6.45) is 1.05. The van der Waals surface area contributed by atoms with Crippen molar-refractivity contribution in [3.05, 3.63) is 29.8 Å². The van der Waals surface area contributed by atoms with Gasteiger partial charge in [-0.2, -0.15) is 0 Å². The molecule has 4 nitrogen and oxygen atoms in total. The average molecular weight is 299 g/mol. The fraction of sp³-hybridized carbons (Fsp3) is 0.600. The maximum absolute atomic E-state index is 12.1. The third-order valence-corrected chi connectivity index (χ3v) is 4.33. The Balaban J connectivity index is 2.73. The number of nitrogens with one attached hydrogen (secondary N) is 1. The Morgan fingerprint density at radius 2 is 2.15 bits per heavy atom. The van der Waals surface area contributed by atoms with Crippen LogP contribution in [-0.4, -0.2) is 43.1 Å². The molecule has 0 aliphatic rings. The second kappa shape index (κ2) is 9.91. The van der Waals surface area contributed by atoms with Crippen LogP contribution in [-0.2, 0) is 15.5 Å². The van der Waals surface area contributed by atoms with Gasteiger partial charge in [-0.3, -0.25) is 4.21 Å². The third kappa shape index (κ3) is 6.03. The van der Waals surface area contributed by atoms with Gasteiger partial charge in [0.2, 0.25) is 0 Å². The molecular formula is C15H25NO3S. The van der Waals surface area contributed by atoms with Gasteiger partial charge in [0.15, 0.2) is 0 Å². The summed E-state index contributed by atoms with van der Waals surface area (Å²) in [6.45, 7) is 3.56. The van der Waals surface area contributed by atoms with Crippen molar-refractivity contribution < 1.29 is 13.7 Å². The Hall–Kier alpha value is -0.910. The van der Waals surface area contributed by atoms with Crippen molar-refractivity contribution in [1.82, 2.24) is 5.32 Å². The molecule has 0 aromatic heterocycles. The highest BCUT2D eigenvalue weighted by molar-refractivity contribution is 7.85. The van der Waals surface area contributed by atoms with Crippen LogP contribution in [0.25, 0.3) is 0 Å². The molecule has 2 atom stereocenters. The number of hydrogen-bond acceptors (Lipinski definition) is 4. The maximum atomic E-state index is 12.1. The van der Waals surface area contributed by atoms with Crippen LogP contribution in [0.4, 0.5) is 0 Å². The smallest absolute Gasteiger partial charge is 0.119 e. The lowest BCUT2D eigenvalue weighted by Crippen LogP contribution is -2.28. The molecule has 1 aromatic rings. The zero-order valence-corrected chi connectivity index (χ0v) is 13.4. The molecule has 114 valence electrons. The van der Waals surface area contributed by atoms with Gasteiger partial charge >= 0.3 is 0 Å². The molecule has 0 amide bonds. The molecule has 1 rings (SSSR count). The summed E-state index contributed by atoms with van der Waals surface area (Å²) in [4.78, 5) is 0. The lowest BCUT2D eigenvalue weighted by Gasteiger charge is -2.19. The second-order valence-electron chi connectivity index (χ2n) is 4.59. The first-order chi connectivity index (χ1) is 9.71. The minimum Gasteiger partial charge on any atom is -0.497 e. The highest BCUT2D eigenvalue weighted by Gasteiger charge is 2.15. The molecule has 0 aliphatic carbocycles. The van der Waals surface area contributed by atoms with E-state index < -0.39 is 10.8 Å². The highest BCUT2D eigenvalue weighted by atomic mass is 32.2. The molecule has 0 spiro atoms. The van der Waals surface area contributed by atoms with E-state index in [0.29, 0.717) is 18.1 Å². The summed E-state index contributed by atoms with van der Waals surface area (Å²) in [5.74, 6) is 2.00. The molecule has 1 aromatic carbocycles. The molecule has 0 bridgehead atoms. The topological polar surface area (TPSA) is 47.6 Å². The van der Waals surface area contributed by atoms with E-state index in [0.717, 1.165) is 24.3 Å². The zero-order chi connectivity index (χ0) is 14.8. The van der Waals surface area contributed by atoms with Gasteiger partial charge in [0, 0.05) is 35.5 Å². The van der Waals surface area contributed by atoms with Crippen LogP contribution in [0.5, 0.6) is 5.75 Å². The van der Waals surface area contributed by atoms with Crippen LogP contribution < -0.4 is 10.1 Å². The van der Waals surface area contributed by atoms with Gasteiger partial charge in [-0.25, -0.2) is 0 Å². The molecule has 0 saturated heterocycles. The summed E-state index contributed by atoms with van der Waals surface area (Å²) in [7, 11) is 2.40. The Morgan fingerprint density at radius 3 is 2.80 bits per heavy atom. The third-order valence-electron chi connectivity index (χ3n) is 3.00. The van der Waals surface area contributed by atoms with Gasteiger partial charge in [0.05, 0.1) is 13.7 Å². The number of hydrogen-bond donors (Lipinski definition) is 1. The molecular weight excluding hydrogens is 274 g/mol. The SMILES string of the molecule is CCCNC(CS(=O)CCOC)c1cccc(OC)c1. The van der Waals surface area contributed by atoms with E-state index in [1.807, 2.05) is 24.3 Å². The van der Waals surface area contributed by atoms with Crippen LogP contribution in [0.15, 0.2) is 24.3 Å². The Labute approximate surface area is 124 Å². The standard InChI is InChI=1S/C15H25NO3S/c1-4-8-16-15(12-20(17)10-9-18-2)13-6-5-7-14(11-13)19-3/h5-7,11,15-16H,4,8-10,12H2,1-3H3. The number of benzene rings is 1. The minimum atomic E-state index is -0.891. The lowest BCUT2D eigenvalue weighted by molar-refractivity contribution is 0.218. The quantitative estimate of drug-likeness (QED) is 0.719. The van der Waals surface area contributed by atoms with E-state index in [1.54, 1.807) is 14.2 Å². The largest absolute Gasteiger partial charge is 0.497 e. The summed E-state index contributed by atoms with van der Waals surface area (Å²) in [5.41, 5.74) is 1.11. The van der Waals surface area contributed by atoms with E-state index in [1.165, 1.54) is 0 Å². The lowest BCUT2D eigenvalue weighted by atomic mass is 10.1. The monoisotopic (exact) mass is 299 g/mol. The van der Waals surface area contributed by atoms with Gasteiger partial charge in [-0.15, -0.1) is 0 Å². The van der Waals surface area contributed by atoms with Crippen molar-refractivity contribution in [2.45, 2.75) is 19.4 Å². The van der Waals surface area contributed by atoms with E-state index in [4.69, 9.17) is 9.47 Å². The molecule has 0 heterocycles. The zero-order valence-electron chi connectivity index (χ0n) is 12.6. The molecule has 5 heteroatoms. The second-order valence-corrected chi connectivity index (χ2v) is 6.21. The van der Waals surface area contributed by atoms with Crippen LogP contribution in [0.2, 0.25) is 0 Å². The molecule has 0 fully saturated rings. The molecule has 1 N–H and O–H groups in total. The van der Waals surface area contributed by atoms with Crippen LogP contribution >= 0.6 is 0 Å². The number of methoxy groups -OCH3 is 2. The van der Waals surface area contributed by atoms with E-state index >= 15 is 0 Å². The maximum Gasteiger partial charge on any atom is 0.119 e. The van der Waals surface area contributed by atoms with Gasteiger partial charge in [-0.05, 0) is 30.7 Å². The van der Waals surface area contributed by atoms with Crippen molar-refractivity contribution in [3.8, 4) is 5.75 Å². The van der Waals surface area contributed by atoms with E-state index in [9.17, 15) is 4.21 Å². The van der Waals surface area contributed by atoms with Gasteiger partial charge < -0.3 is 14.8 Å². The number of ether oxygens (including phenoxy) is 2. The Bertz CT molecular complexity index is 412.